The molecule has 2 N–H and O–H groups in total. The summed E-state index contributed by atoms with van der Waals surface area (Å²) in [4.78, 5) is 11.3. The Morgan fingerprint density at radius 3 is 2.50 bits per heavy atom. The van der Waals surface area contributed by atoms with Crippen LogP contribution in [0.5, 0.6) is 5.75 Å². The quantitative estimate of drug-likeness (QED) is 0.770. The number of nitrogens with two attached hydrogens (primary N) is 1. The molecule has 4 heteroatoms. The number of carbonyl (C=O) groups is 1. The van der Waals surface area contributed by atoms with Gasteiger partial charge in [-0.25, -0.2) is 4.79 Å². The van der Waals surface area contributed by atoms with Crippen LogP contribution >= 0.6 is 0 Å². The molecule has 0 saturated heterocycles. The van der Waals surface area contributed by atoms with E-state index in [1.807, 2.05) is 6.92 Å². The summed E-state index contributed by atoms with van der Waals surface area (Å²) in [5.41, 5.74) is 6.08. The Bertz CT molecular complexity index is 333. The number of ether oxygens (including phenoxy) is 2. The maximum Gasteiger partial charge on any atom is 0.338 e. The highest BCUT2D eigenvalue weighted by molar-refractivity contribution is 5.89. The molecule has 0 heterocycles. The topological polar surface area (TPSA) is 61.5 Å². The molecule has 1 rings (SSSR count). The Morgan fingerprint density at radius 2 is 2.00 bits per heavy atom. The first-order valence-electron chi connectivity index (χ1n) is 5.29. The van der Waals surface area contributed by atoms with Crippen LogP contribution in [-0.2, 0) is 4.74 Å². The van der Waals surface area contributed by atoms with Crippen molar-refractivity contribution in [3.63, 3.8) is 0 Å². The van der Waals surface area contributed by atoms with Gasteiger partial charge < -0.3 is 15.2 Å². The molecule has 1 atom stereocenters. The summed E-state index contributed by atoms with van der Waals surface area (Å²) in [6.07, 6.45) is 0. The Balaban J connectivity index is 2.57. The van der Waals surface area contributed by atoms with E-state index >= 15 is 0 Å². The maximum atomic E-state index is 11.3. The fourth-order valence-corrected chi connectivity index (χ4v) is 1.13. The largest absolute Gasteiger partial charge is 0.492 e. The summed E-state index contributed by atoms with van der Waals surface area (Å²) in [5.74, 6) is 0.381. The van der Waals surface area contributed by atoms with Crippen molar-refractivity contribution in [2.75, 3.05) is 13.2 Å². The van der Waals surface area contributed by atoms with Gasteiger partial charge in [0.2, 0.25) is 0 Å². The van der Waals surface area contributed by atoms with Crippen molar-refractivity contribution < 1.29 is 14.3 Å². The van der Waals surface area contributed by atoms with Gasteiger partial charge in [-0.15, -0.1) is 0 Å². The molecule has 88 valence electrons. The van der Waals surface area contributed by atoms with Gasteiger partial charge in [-0.3, -0.25) is 0 Å². The van der Waals surface area contributed by atoms with Crippen LogP contribution in [0.2, 0.25) is 0 Å². The summed E-state index contributed by atoms with van der Waals surface area (Å²) < 4.78 is 10.3. The molecule has 0 radical (unpaired) electrons. The fourth-order valence-electron chi connectivity index (χ4n) is 1.13. The number of hydrogen-bond acceptors (Lipinski definition) is 4. The van der Waals surface area contributed by atoms with E-state index < -0.39 is 0 Å². The average molecular weight is 223 g/mol. The minimum atomic E-state index is -0.318. The minimum Gasteiger partial charge on any atom is -0.492 e. The molecule has 0 spiro atoms. The molecular weight excluding hydrogens is 206 g/mol. The predicted octanol–water partition coefficient (Wildman–Crippen LogP) is 1.59. The minimum absolute atomic E-state index is 0.00951. The average Bonchev–Trinajstić information content (AvgIpc) is 2.27. The smallest absolute Gasteiger partial charge is 0.338 e. The summed E-state index contributed by atoms with van der Waals surface area (Å²) >= 11 is 0. The molecule has 0 fully saturated rings. The monoisotopic (exact) mass is 223 g/mol. The number of hydrogen-bond donors (Lipinski definition) is 1. The standard InChI is InChI=1S/C12H17NO3/c1-3-15-12(14)10-4-6-11(7-5-10)16-8-9(2)13/h4-7,9H,3,8,13H2,1-2H3. The van der Waals surface area contributed by atoms with Gasteiger partial charge in [-0.05, 0) is 38.1 Å². The van der Waals surface area contributed by atoms with Crippen molar-refractivity contribution in [3.05, 3.63) is 29.8 Å². The normalized spacial score (nSPS) is 11.9. The van der Waals surface area contributed by atoms with Gasteiger partial charge in [0.1, 0.15) is 12.4 Å². The lowest BCUT2D eigenvalue weighted by Crippen LogP contribution is -2.23. The molecular formula is C12H17NO3. The van der Waals surface area contributed by atoms with Crippen molar-refractivity contribution in [3.8, 4) is 5.75 Å². The van der Waals surface area contributed by atoms with Gasteiger partial charge in [0.05, 0.1) is 12.2 Å². The fraction of sp³-hybridized carbons (Fsp3) is 0.417. The van der Waals surface area contributed by atoms with Crippen molar-refractivity contribution >= 4 is 5.97 Å². The molecule has 0 aliphatic carbocycles. The first-order valence-corrected chi connectivity index (χ1v) is 5.29. The highest BCUT2D eigenvalue weighted by Gasteiger charge is 2.05. The lowest BCUT2D eigenvalue weighted by Gasteiger charge is -2.09. The Labute approximate surface area is 95.3 Å². The first kappa shape index (κ1) is 12.5. The molecule has 0 amide bonds. The summed E-state index contributed by atoms with van der Waals surface area (Å²) in [5, 5.41) is 0. The zero-order valence-electron chi connectivity index (χ0n) is 9.60. The second-order valence-corrected chi connectivity index (χ2v) is 3.53. The molecule has 1 aromatic carbocycles. The number of esters is 1. The highest BCUT2D eigenvalue weighted by atomic mass is 16.5. The number of benzene rings is 1. The van der Waals surface area contributed by atoms with E-state index in [0.717, 1.165) is 0 Å². The number of rotatable bonds is 5. The molecule has 0 aliphatic heterocycles. The molecule has 4 nitrogen and oxygen atoms in total. The van der Waals surface area contributed by atoms with Crippen molar-refractivity contribution in [1.29, 1.82) is 0 Å². The van der Waals surface area contributed by atoms with Crippen LogP contribution in [0.15, 0.2) is 24.3 Å². The molecule has 1 aromatic rings. The van der Waals surface area contributed by atoms with E-state index in [1.165, 1.54) is 0 Å². The third-order valence-electron chi connectivity index (χ3n) is 1.88. The van der Waals surface area contributed by atoms with E-state index in [9.17, 15) is 4.79 Å². The lowest BCUT2D eigenvalue weighted by atomic mass is 10.2. The van der Waals surface area contributed by atoms with Crippen LogP contribution in [0.25, 0.3) is 0 Å². The molecule has 0 aliphatic rings. The van der Waals surface area contributed by atoms with Gasteiger partial charge in [0.15, 0.2) is 0 Å². The maximum absolute atomic E-state index is 11.3. The summed E-state index contributed by atoms with van der Waals surface area (Å²) in [7, 11) is 0. The molecule has 0 bridgehead atoms. The Kier molecular flexibility index (Phi) is 4.79. The number of carbonyl (C=O) groups excluding carboxylic acids is 1. The van der Waals surface area contributed by atoms with Gasteiger partial charge in [-0.1, -0.05) is 0 Å². The highest BCUT2D eigenvalue weighted by Crippen LogP contribution is 2.13. The van der Waals surface area contributed by atoms with Crippen LogP contribution < -0.4 is 10.5 Å². The second kappa shape index (κ2) is 6.12. The van der Waals surface area contributed by atoms with Crippen LogP contribution in [0.3, 0.4) is 0 Å². The SMILES string of the molecule is CCOC(=O)c1ccc(OCC(C)N)cc1. The summed E-state index contributed by atoms with van der Waals surface area (Å²) in [6, 6.07) is 6.80. The molecule has 0 saturated carbocycles. The van der Waals surface area contributed by atoms with Crippen molar-refractivity contribution in [1.82, 2.24) is 0 Å². The second-order valence-electron chi connectivity index (χ2n) is 3.53. The van der Waals surface area contributed by atoms with Crippen LogP contribution in [0, 0.1) is 0 Å². The van der Waals surface area contributed by atoms with Crippen molar-refractivity contribution in [2.24, 2.45) is 5.73 Å². The molecule has 1 unspecified atom stereocenters. The van der Waals surface area contributed by atoms with Crippen LogP contribution in [-0.4, -0.2) is 25.2 Å². The van der Waals surface area contributed by atoms with E-state index in [4.69, 9.17) is 15.2 Å². The van der Waals surface area contributed by atoms with E-state index in [1.54, 1.807) is 31.2 Å². The van der Waals surface area contributed by atoms with Gasteiger partial charge in [0.25, 0.3) is 0 Å². The third-order valence-corrected chi connectivity index (χ3v) is 1.88. The van der Waals surface area contributed by atoms with Crippen LogP contribution in [0.4, 0.5) is 0 Å². The van der Waals surface area contributed by atoms with Crippen molar-refractivity contribution in [2.45, 2.75) is 19.9 Å². The van der Waals surface area contributed by atoms with E-state index in [2.05, 4.69) is 0 Å². The zero-order chi connectivity index (χ0) is 12.0. The van der Waals surface area contributed by atoms with Gasteiger partial charge in [0, 0.05) is 6.04 Å². The van der Waals surface area contributed by atoms with Gasteiger partial charge in [-0.2, -0.15) is 0 Å². The van der Waals surface area contributed by atoms with E-state index in [-0.39, 0.29) is 12.0 Å². The third kappa shape index (κ3) is 3.90. The molecule has 0 aromatic heterocycles. The molecule has 16 heavy (non-hydrogen) atoms. The van der Waals surface area contributed by atoms with Gasteiger partial charge >= 0.3 is 5.97 Å². The predicted molar refractivity (Wildman–Crippen MR) is 61.5 cm³/mol. The Morgan fingerprint density at radius 1 is 1.38 bits per heavy atom. The Hall–Kier alpha value is -1.55. The zero-order valence-corrected chi connectivity index (χ0v) is 9.60. The first-order chi connectivity index (χ1) is 7.63. The van der Waals surface area contributed by atoms with Crippen LogP contribution in [0.1, 0.15) is 24.2 Å². The summed E-state index contributed by atoms with van der Waals surface area (Å²) in [6.45, 7) is 4.48. The lowest BCUT2D eigenvalue weighted by molar-refractivity contribution is 0.0526. The van der Waals surface area contributed by atoms with E-state index in [0.29, 0.717) is 24.5 Å².